The molecule has 0 radical (unpaired) electrons. The van der Waals surface area contributed by atoms with Gasteiger partial charge in [0.2, 0.25) is 0 Å². The Morgan fingerprint density at radius 2 is 2.00 bits per heavy atom. The average Bonchev–Trinajstić information content (AvgIpc) is 2.58. The van der Waals surface area contributed by atoms with Gasteiger partial charge in [0.05, 0.1) is 5.02 Å². The van der Waals surface area contributed by atoms with Crippen LogP contribution < -0.4 is 10.1 Å². The topological polar surface area (TPSA) is 51.2 Å². The van der Waals surface area contributed by atoms with Crippen LogP contribution in [0.25, 0.3) is 10.9 Å². The molecule has 7 heteroatoms. The Morgan fingerprint density at radius 3 is 2.79 bits per heavy atom. The number of hydrogen-bond acceptors (Lipinski definition) is 3. The van der Waals surface area contributed by atoms with E-state index in [-0.39, 0.29) is 12.3 Å². The van der Waals surface area contributed by atoms with Crippen LogP contribution in [0.2, 0.25) is 5.02 Å². The summed E-state index contributed by atoms with van der Waals surface area (Å²) >= 11 is 6.09. The van der Waals surface area contributed by atoms with Crippen LogP contribution in [0.4, 0.5) is 14.5 Å². The summed E-state index contributed by atoms with van der Waals surface area (Å²) in [7, 11) is 0. The van der Waals surface area contributed by atoms with Crippen molar-refractivity contribution in [3.63, 3.8) is 0 Å². The van der Waals surface area contributed by atoms with E-state index in [1.165, 1.54) is 6.07 Å². The highest BCUT2D eigenvalue weighted by molar-refractivity contribution is 6.35. The first kappa shape index (κ1) is 16.1. The number of anilines is 1. The van der Waals surface area contributed by atoms with Crippen LogP contribution >= 0.6 is 11.6 Å². The number of amides is 1. The molecule has 0 aliphatic heterocycles. The molecule has 0 fully saturated rings. The van der Waals surface area contributed by atoms with Crippen LogP contribution in [-0.2, 0) is 4.79 Å². The second kappa shape index (κ2) is 6.80. The molecule has 24 heavy (non-hydrogen) atoms. The van der Waals surface area contributed by atoms with Crippen molar-refractivity contribution in [3.05, 3.63) is 65.3 Å². The van der Waals surface area contributed by atoms with Crippen molar-refractivity contribution >= 4 is 34.1 Å². The standard InChI is InChI=1S/C17H11ClF2N2O2/c18-12-4-6-15(17-11(12)2-1-7-21-17)24-9-16(23)22-10-3-5-13(19)14(20)8-10/h1-8H,9H2,(H,22,23). The van der Waals surface area contributed by atoms with Crippen LogP contribution in [-0.4, -0.2) is 17.5 Å². The number of nitrogens with zero attached hydrogens (tertiary/aromatic N) is 1. The highest BCUT2D eigenvalue weighted by atomic mass is 35.5. The minimum atomic E-state index is -1.04. The van der Waals surface area contributed by atoms with Crippen LogP contribution in [0.1, 0.15) is 0 Å². The van der Waals surface area contributed by atoms with Gasteiger partial charge in [-0.2, -0.15) is 0 Å². The number of halogens is 3. The minimum Gasteiger partial charge on any atom is -0.481 e. The minimum absolute atomic E-state index is 0.140. The first-order valence-electron chi connectivity index (χ1n) is 6.95. The third-order valence-corrected chi connectivity index (χ3v) is 3.57. The number of fused-ring (bicyclic) bond motifs is 1. The number of carbonyl (C=O) groups is 1. The SMILES string of the molecule is O=C(COc1ccc(Cl)c2cccnc12)Nc1ccc(F)c(F)c1. The van der Waals surface area contributed by atoms with Gasteiger partial charge < -0.3 is 10.1 Å². The monoisotopic (exact) mass is 348 g/mol. The number of pyridine rings is 1. The third kappa shape index (κ3) is 3.44. The summed E-state index contributed by atoms with van der Waals surface area (Å²) in [6.45, 7) is -0.313. The van der Waals surface area contributed by atoms with Crippen LogP contribution in [0, 0.1) is 11.6 Å². The maximum atomic E-state index is 13.1. The number of ether oxygens (including phenoxy) is 1. The fraction of sp³-hybridized carbons (Fsp3) is 0.0588. The molecular formula is C17H11ClF2N2O2. The van der Waals surface area contributed by atoms with Gasteiger partial charge in [0.25, 0.3) is 5.91 Å². The first-order chi connectivity index (χ1) is 11.5. The molecule has 1 heterocycles. The smallest absolute Gasteiger partial charge is 0.262 e. The van der Waals surface area contributed by atoms with Crippen molar-refractivity contribution in [1.82, 2.24) is 4.98 Å². The van der Waals surface area contributed by atoms with E-state index < -0.39 is 17.5 Å². The number of carbonyl (C=O) groups excluding carboxylic acids is 1. The molecule has 1 amide bonds. The predicted octanol–water partition coefficient (Wildman–Crippen LogP) is 4.18. The summed E-state index contributed by atoms with van der Waals surface area (Å²) in [5, 5.41) is 3.65. The molecule has 1 aromatic heterocycles. The molecule has 3 rings (SSSR count). The van der Waals surface area contributed by atoms with Crippen molar-refractivity contribution in [2.24, 2.45) is 0 Å². The Morgan fingerprint density at radius 1 is 1.17 bits per heavy atom. The van der Waals surface area contributed by atoms with Gasteiger partial charge in [-0.1, -0.05) is 11.6 Å². The van der Waals surface area contributed by atoms with Crippen molar-refractivity contribution < 1.29 is 18.3 Å². The Bertz CT molecular complexity index is 918. The molecule has 0 spiro atoms. The van der Waals surface area contributed by atoms with E-state index in [1.807, 2.05) is 0 Å². The summed E-state index contributed by atoms with van der Waals surface area (Å²) in [5.41, 5.74) is 0.673. The van der Waals surface area contributed by atoms with E-state index in [4.69, 9.17) is 16.3 Å². The molecule has 2 aromatic carbocycles. The second-order valence-electron chi connectivity index (χ2n) is 4.91. The predicted molar refractivity (Wildman–Crippen MR) is 87.2 cm³/mol. The van der Waals surface area contributed by atoms with Crippen molar-refractivity contribution in [1.29, 1.82) is 0 Å². The lowest BCUT2D eigenvalue weighted by Gasteiger charge is -2.10. The van der Waals surface area contributed by atoms with Crippen molar-refractivity contribution in [2.45, 2.75) is 0 Å². The molecular weight excluding hydrogens is 338 g/mol. The third-order valence-electron chi connectivity index (χ3n) is 3.24. The summed E-state index contributed by atoms with van der Waals surface area (Å²) in [5.74, 6) is -2.14. The lowest BCUT2D eigenvalue weighted by atomic mass is 10.2. The highest BCUT2D eigenvalue weighted by Gasteiger charge is 2.10. The van der Waals surface area contributed by atoms with E-state index in [0.29, 0.717) is 21.7 Å². The molecule has 1 N–H and O–H groups in total. The van der Waals surface area contributed by atoms with Crippen molar-refractivity contribution in [3.8, 4) is 5.75 Å². The van der Waals surface area contributed by atoms with Gasteiger partial charge >= 0.3 is 0 Å². The fourth-order valence-electron chi connectivity index (χ4n) is 2.14. The van der Waals surface area contributed by atoms with E-state index in [2.05, 4.69) is 10.3 Å². The molecule has 0 unspecified atom stereocenters. The highest BCUT2D eigenvalue weighted by Crippen LogP contribution is 2.29. The van der Waals surface area contributed by atoms with Crippen LogP contribution in [0.3, 0.4) is 0 Å². The largest absolute Gasteiger partial charge is 0.481 e. The zero-order valence-electron chi connectivity index (χ0n) is 12.2. The lowest BCUT2D eigenvalue weighted by molar-refractivity contribution is -0.118. The normalized spacial score (nSPS) is 10.6. The number of hydrogen-bond donors (Lipinski definition) is 1. The molecule has 122 valence electrons. The van der Waals surface area contributed by atoms with Gasteiger partial charge in [-0.05, 0) is 36.4 Å². The number of aromatic nitrogens is 1. The second-order valence-corrected chi connectivity index (χ2v) is 5.32. The van der Waals surface area contributed by atoms with Gasteiger partial charge in [0, 0.05) is 23.3 Å². The molecule has 0 atom stereocenters. The van der Waals surface area contributed by atoms with E-state index >= 15 is 0 Å². The van der Waals surface area contributed by atoms with E-state index in [1.54, 1.807) is 30.5 Å². The Labute approximate surface area is 141 Å². The summed E-state index contributed by atoms with van der Waals surface area (Å²) < 4.78 is 31.4. The average molecular weight is 349 g/mol. The number of nitrogens with one attached hydrogen (secondary N) is 1. The number of rotatable bonds is 4. The zero-order valence-corrected chi connectivity index (χ0v) is 13.0. The summed E-state index contributed by atoms with van der Waals surface area (Å²) in [6, 6.07) is 9.88. The van der Waals surface area contributed by atoms with Gasteiger partial charge in [-0.3, -0.25) is 9.78 Å². The van der Waals surface area contributed by atoms with Gasteiger partial charge in [0.15, 0.2) is 18.2 Å². The first-order valence-corrected chi connectivity index (χ1v) is 7.33. The maximum absolute atomic E-state index is 13.1. The van der Waals surface area contributed by atoms with E-state index in [0.717, 1.165) is 12.1 Å². The lowest BCUT2D eigenvalue weighted by Crippen LogP contribution is -2.20. The molecule has 3 aromatic rings. The van der Waals surface area contributed by atoms with Crippen molar-refractivity contribution in [2.75, 3.05) is 11.9 Å². The van der Waals surface area contributed by atoms with Gasteiger partial charge in [-0.15, -0.1) is 0 Å². The Kier molecular flexibility index (Phi) is 4.57. The summed E-state index contributed by atoms with van der Waals surface area (Å²) in [4.78, 5) is 16.1. The molecule has 0 saturated heterocycles. The quantitative estimate of drug-likeness (QED) is 0.769. The van der Waals surface area contributed by atoms with Crippen LogP contribution in [0.15, 0.2) is 48.7 Å². The zero-order chi connectivity index (χ0) is 17.1. The fourth-order valence-corrected chi connectivity index (χ4v) is 2.36. The Hall–Kier alpha value is -2.73. The molecule has 4 nitrogen and oxygen atoms in total. The molecule has 0 aliphatic carbocycles. The number of benzene rings is 2. The molecule has 0 saturated carbocycles. The maximum Gasteiger partial charge on any atom is 0.262 e. The van der Waals surface area contributed by atoms with Gasteiger partial charge in [0.1, 0.15) is 11.3 Å². The summed E-state index contributed by atoms with van der Waals surface area (Å²) in [6.07, 6.45) is 1.59. The Balaban J connectivity index is 1.70. The van der Waals surface area contributed by atoms with E-state index in [9.17, 15) is 13.6 Å². The molecule has 0 aliphatic rings. The van der Waals surface area contributed by atoms with Gasteiger partial charge in [-0.25, -0.2) is 8.78 Å². The van der Waals surface area contributed by atoms with Crippen LogP contribution in [0.5, 0.6) is 5.75 Å². The molecule has 0 bridgehead atoms.